The highest BCUT2D eigenvalue weighted by atomic mass is 32.1. The first kappa shape index (κ1) is 20.0. The molecule has 1 aromatic carbocycles. The van der Waals surface area contributed by atoms with Crippen LogP contribution >= 0.6 is 11.3 Å². The van der Waals surface area contributed by atoms with Crippen LogP contribution in [0.1, 0.15) is 37.0 Å². The molecule has 154 valence electrons. The monoisotopic (exact) mass is 426 g/mol. The SMILES string of the molecule is CCOC(=O)C1=C(C)N=c2sc(=Cc3ccc(C)o3)c(=O)n2[C@H]1c1ccc(F)cc1. The molecule has 8 heteroatoms. The molecule has 0 bridgehead atoms. The van der Waals surface area contributed by atoms with Gasteiger partial charge in [0.2, 0.25) is 0 Å². The zero-order valence-corrected chi connectivity index (χ0v) is 17.5. The molecule has 0 aliphatic carbocycles. The number of nitrogens with zero attached hydrogens (tertiary/aromatic N) is 2. The zero-order valence-electron chi connectivity index (χ0n) is 16.6. The van der Waals surface area contributed by atoms with Crippen LogP contribution in [0.4, 0.5) is 4.39 Å². The van der Waals surface area contributed by atoms with E-state index in [-0.39, 0.29) is 17.7 Å². The second kappa shape index (κ2) is 7.87. The fourth-order valence-corrected chi connectivity index (χ4v) is 4.44. The summed E-state index contributed by atoms with van der Waals surface area (Å²) in [5.74, 6) is 0.331. The zero-order chi connectivity index (χ0) is 21.4. The van der Waals surface area contributed by atoms with Crippen LogP contribution in [0, 0.1) is 12.7 Å². The van der Waals surface area contributed by atoms with Gasteiger partial charge in [-0.1, -0.05) is 23.5 Å². The van der Waals surface area contributed by atoms with E-state index in [1.165, 1.54) is 28.0 Å². The van der Waals surface area contributed by atoms with Crippen LogP contribution in [-0.4, -0.2) is 17.1 Å². The molecule has 3 heterocycles. The van der Waals surface area contributed by atoms with Crippen molar-refractivity contribution < 1.29 is 18.3 Å². The second-order valence-electron chi connectivity index (χ2n) is 6.80. The van der Waals surface area contributed by atoms with Crippen molar-refractivity contribution in [2.45, 2.75) is 26.8 Å². The number of aromatic nitrogens is 1. The third-order valence-corrected chi connectivity index (χ3v) is 5.72. The number of allylic oxidation sites excluding steroid dienone is 1. The number of carbonyl (C=O) groups is 1. The number of thiazole rings is 1. The summed E-state index contributed by atoms with van der Waals surface area (Å²) >= 11 is 1.21. The summed E-state index contributed by atoms with van der Waals surface area (Å²) in [5, 5.41) is 0. The molecule has 0 amide bonds. The van der Waals surface area contributed by atoms with Crippen molar-refractivity contribution in [2.75, 3.05) is 6.61 Å². The second-order valence-corrected chi connectivity index (χ2v) is 7.81. The van der Waals surface area contributed by atoms with Crippen LogP contribution in [0.2, 0.25) is 0 Å². The Morgan fingerprint density at radius 2 is 2.00 bits per heavy atom. The van der Waals surface area contributed by atoms with Crippen LogP contribution in [-0.2, 0) is 9.53 Å². The van der Waals surface area contributed by atoms with Crippen LogP contribution < -0.4 is 14.9 Å². The van der Waals surface area contributed by atoms with Crippen LogP contribution in [0.5, 0.6) is 0 Å². The Bertz CT molecular complexity index is 1330. The molecule has 0 unspecified atom stereocenters. The van der Waals surface area contributed by atoms with Gasteiger partial charge in [0.1, 0.15) is 17.3 Å². The van der Waals surface area contributed by atoms with Crippen molar-refractivity contribution in [1.29, 1.82) is 0 Å². The molecule has 0 fully saturated rings. The molecule has 1 aliphatic heterocycles. The molecule has 0 spiro atoms. The summed E-state index contributed by atoms with van der Waals surface area (Å²) in [6.45, 7) is 5.42. The maximum absolute atomic E-state index is 13.5. The number of halogens is 1. The summed E-state index contributed by atoms with van der Waals surface area (Å²) in [5.41, 5.74) is 1.01. The maximum Gasteiger partial charge on any atom is 0.338 e. The first-order chi connectivity index (χ1) is 14.4. The summed E-state index contributed by atoms with van der Waals surface area (Å²) < 4.78 is 26.2. The van der Waals surface area contributed by atoms with E-state index in [0.29, 0.717) is 26.4 Å². The molecule has 3 aromatic rings. The van der Waals surface area contributed by atoms with Gasteiger partial charge in [0, 0.05) is 6.08 Å². The number of carbonyl (C=O) groups excluding carboxylic acids is 1. The molecule has 2 aromatic heterocycles. The normalized spacial score (nSPS) is 16.4. The minimum Gasteiger partial charge on any atom is -0.463 e. The predicted octanol–water partition coefficient (Wildman–Crippen LogP) is 2.84. The van der Waals surface area contributed by atoms with Crippen molar-refractivity contribution in [1.82, 2.24) is 4.57 Å². The van der Waals surface area contributed by atoms with E-state index >= 15 is 0 Å². The number of rotatable bonds is 4. The van der Waals surface area contributed by atoms with Gasteiger partial charge in [-0.3, -0.25) is 9.36 Å². The molecule has 4 rings (SSSR count). The molecular weight excluding hydrogens is 407 g/mol. The van der Waals surface area contributed by atoms with Gasteiger partial charge >= 0.3 is 5.97 Å². The number of hydrogen-bond donors (Lipinski definition) is 0. The molecule has 6 nitrogen and oxygen atoms in total. The molecule has 0 saturated carbocycles. The quantitative estimate of drug-likeness (QED) is 0.602. The van der Waals surface area contributed by atoms with Crippen LogP contribution in [0.25, 0.3) is 6.08 Å². The van der Waals surface area contributed by atoms with Gasteiger partial charge in [-0.25, -0.2) is 14.2 Å². The van der Waals surface area contributed by atoms with Crippen molar-refractivity contribution in [2.24, 2.45) is 4.99 Å². The molecule has 0 saturated heterocycles. The van der Waals surface area contributed by atoms with Crippen LogP contribution in [0.3, 0.4) is 0 Å². The van der Waals surface area contributed by atoms with E-state index in [1.807, 2.05) is 13.0 Å². The number of furan rings is 1. The Hall–Kier alpha value is -3.26. The van der Waals surface area contributed by atoms with Gasteiger partial charge in [0.05, 0.1) is 28.5 Å². The third kappa shape index (κ3) is 3.54. The van der Waals surface area contributed by atoms with E-state index in [2.05, 4.69) is 4.99 Å². The molecule has 1 atom stereocenters. The van der Waals surface area contributed by atoms with Gasteiger partial charge < -0.3 is 9.15 Å². The average molecular weight is 426 g/mol. The fourth-order valence-electron chi connectivity index (χ4n) is 3.41. The van der Waals surface area contributed by atoms with Crippen molar-refractivity contribution in [3.8, 4) is 0 Å². The average Bonchev–Trinajstić information content (AvgIpc) is 3.24. The highest BCUT2D eigenvalue weighted by Crippen LogP contribution is 2.30. The molecule has 0 N–H and O–H groups in total. The lowest BCUT2D eigenvalue weighted by molar-refractivity contribution is -0.139. The summed E-state index contributed by atoms with van der Waals surface area (Å²) in [7, 11) is 0. The lowest BCUT2D eigenvalue weighted by Crippen LogP contribution is -2.39. The number of hydrogen-bond acceptors (Lipinski definition) is 6. The van der Waals surface area contributed by atoms with Crippen molar-refractivity contribution in [3.63, 3.8) is 0 Å². The number of ether oxygens (including phenoxy) is 1. The Labute approximate surface area is 175 Å². The Kier molecular flexibility index (Phi) is 5.26. The molecule has 0 radical (unpaired) electrons. The number of esters is 1. The molecular formula is C22H19FN2O4S. The van der Waals surface area contributed by atoms with E-state index in [0.717, 1.165) is 5.76 Å². The van der Waals surface area contributed by atoms with E-state index in [1.54, 1.807) is 38.1 Å². The Balaban J connectivity index is 1.96. The topological polar surface area (TPSA) is 73.8 Å². The highest BCUT2D eigenvalue weighted by Gasteiger charge is 2.33. The van der Waals surface area contributed by atoms with E-state index in [9.17, 15) is 14.0 Å². The summed E-state index contributed by atoms with van der Waals surface area (Å²) in [4.78, 5) is 31.0. The Morgan fingerprint density at radius 3 is 2.63 bits per heavy atom. The fraction of sp³-hybridized carbons (Fsp3) is 0.227. The highest BCUT2D eigenvalue weighted by molar-refractivity contribution is 7.07. The maximum atomic E-state index is 13.5. The minimum absolute atomic E-state index is 0.189. The van der Waals surface area contributed by atoms with Crippen molar-refractivity contribution in [3.05, 3.63) is 90.3 Å². The largest absolute Gasteiger partial charge is 0.463 e. The smallest absolute Gasteiger partial charge is 0.338 e. The standard InChI is InChI=1S/C22H19FN2O4S/c1-4-28-21(27)18-13(3)24-22-25(19(18)14-6-8-15(23)9-7-14)20(26)17(30-22)11-16-10-5-12(2)29-16/h5-11,19H,4H2,1-3H3/t19-/m0/s1. The first-order valence-corrected chi connectivity index (χ1v) is 10.2. The van der Waals surface area contributed by atoms with Gasteiger partial charge in [-0.2, -0.15) is 0 Å². The van der Waals surface area contributed by atoms with Gasteiger partial charge in [-0.15, -0.1) is 0 Å². The Morgan fingerprint density at radius 1 is 1.27 bits per heavy atom. The van der Waals surface area contributed by atoms with Gasteiger partial charge in [0.15, 0.2) is 4.80 Å². The number of fused-ring (bicyclic) bond motifs is 1. The van der Waals surface area contributed by atoms with E-state index in [4.69, 9.17) is 9.15 Å². The lowest BCUT2D eigenvalue weighted by atomic mass is 9.96. The number of benzene rings is 1. The lowest BCUT2D eigenvalue weighted by Gasteiger charge is -2.24. The summed E-state index contributed by atoms with van der Waals surface area (Å²) in [6.07, 6.45) is 1.65. The van der Waals surface area contributed by atoms with Gasteiger partial charge in [-0.05, 0) is 50.6 Å². The van der Waals surface area contributed by atoms with Crippen molar-refractivity contribution >= 4 is 23.4 Å². The predicted molar refractivity (Wildman–Crippen MR) is 110 cm³/mol. The molecule has 30 heavy (non-hydrogen) atoms. The first-order valence-electron chi connectivity index (χ1n) is 9.40. The number of aryl methyl sites for hydroxylation is 1. The van der Waals surface area contributed by atoms with Crippen LogP contribution in [0.15, 0.2) is 61.9 Å². The van der Waals surface area contributed by atoms with Gasteiger partial charge in [0.25, 0.3) is 5.56 Å². The van der Waals surface area contributed by atoms with E-state index < -0.39 is 17.8 Å². The minimum atomic E-state index is -0.763. The summed E-state index contributed by atoms with van der Waals surface area (Å²) in [6, 6.07) is 8.55. The molecule has 1 aliphatic rings. The third-order valence-electron chi connectivity index (χ3n) is 4.74.